The van der Waals surface area contributed by atoms with Gasteiger partial charge < -0.3 is 0 Å². The van der Waals surface area contributed by atoms with E-state index >= 15 is 0 Å². The van der Waals surface area contributed by atoms with Crippen LogP contribution in [-0.2, 0) is 0 Å². The topological polar surface area (TPSA) is 41.0 Å². The van der Waals surface area contributed by atoms with Gasteiger partial charge in [0.05, 0.1) is 11.5 Å². The second-order valence-corrected chi connectivity index (χ2v) is 1.79. The fourth-order valence-corrected chi connectivity index (χ4v) is 0.519. The standard InChI is InChI=1S/C6H6N3/c1-5-2-3-6(9-7)8-4-5/h2-4H,1H3/q+1. The van der Waals surface area contributed by atoms with E-state index in [1.54, 1.807) is 12.3 Å². The highest BCUT2D eigenvalue weighted by molar-refractivity contribution is 5.34. The molecular formula is C6H6N3+. The summed E-state index contributed by atoms with van der Waals surface area (Å²) in [6, 6.07) is 3.48. The Balaban J connectivity index is 3.06. The maximum atomic E-state index is 8.19. The normalized spacial score (nSPS) is 8.44. The molecule has 0 N–H and O–H groups in total. The van der Waals surface area contributed by atoms with Crippen LogP contribution < -0.4 is 0 Å². The molecule has 0 aromatic carbocycles. The Morgan fingerprint density at radius 1 is 1.56 bits per heavy atom. The van der Waals surface area contributed by atoms with Gasteiger partial charge in [0.2, 0.25) is 0 Å². The van der Waals surface area contributed by atoms with Gasteiger partial charge in [-0.15, -0.1) is 0 Å². The molecule has 1 aromatic rings. The van der Waals surface area contributed by atoms with Gasteiger partial charge in [0.25, 0.3) is 0 Å². The molecule has 0 aliphatic carbocycles. The third kappa shape index (κ3) is 1.23. The zero-order valence-electron chi connectivity index (χ0n) is 5.07. The largest absolute Gasteiger partial charge is 0.464 e. The van der Waals surface area contributed by atoms with Crippen molar-refractivity contribution in [3.8, 4) is 0 Å². The van der Waals surface area contributed by atoms with Crippen LogP contribution in [0.25, 0.3) is 4.98 Å². The van der Waals surface area contributed by atoms with Crippen LogP contribution in [0.4, 0.5) is 5.82 Å². The number of hydrogen-bond acceptors (Lipinski definition) is 2. The molecule has 0 amide bonds. The number of nitrogens with zero attached hydrogens (tertiary/aromatic N) is 3. The number of aromatic nitrogens is 1. The lowest BCUT2D eigenvalue weighted by atomic mass is 10.3. The first-order chi connectivity index (χ1) is 4.33. The van der Waals surface area contributed by atoms with Gasteiger partial charge in [-0.25, -0.2) is 0 Å². The average Bonchev–Trinajstić information content (AvgIpc) is 1.90. The summed E-state index contributed by atoms with van der Waals surface area (Å²) in [5.41, 5.74) is 1.06. The Labute approximate surface area is 53.0 Å². The van der Waals surface area contributed by atoms with Gasteiger partial charge >= 0.3 is 5.82 Å². The maximum absolute atomic E-state index is 8.19. The van der Waals surface area contributed by atoms with E-state index in [9.17, 15) is 0 Å². The smallest absolute Gasteiger partial charge is 0.0457 e. The van der Waals surface area contributed by atoms with E-state index in [0.717, 1.165) is 5.56 Å². The van der Waals surface area contributed by atoms with E-state index in [4.69, 9.17) is 5.39 Å². The SMILES string of the molecule is Cc1ccc([N+]#N)nc1. The van der Waals surface area contributed by atoms with Crippen LogP contribution >= 0.6 is 0 Å². The average molecular weight is 120 g/mol. The summed E-state index contributed by atoms with van der Waals surface area (Å²) in [7, 11) is 0. The monoisotopic (exact) mass is 120 g/mol. The lowest BCUT2D eigenvalue weighted by molar-refractivity contribution is 1.27. The summed E-state index contributed by atoms with van der Waals surface area (Å²) in [5.74, 6) is 0.348. The summed E-state index contributed by atoms with van der Waals surface area (Å²) in [5, 5.41) is 8.19. The summed E-state index contributed by atoms with van der Waals surface area (Å²) in [6.07, 6.45) is 1.65. The van der Waals surface area contributed by atoms with Gasteiger partial charge in [-0.1, -0.05) is 0 Å². The minimum Gasteiger partial charge on any atom is -0.0457 e. The van der Waals surface area contributed by atoms with Gasteiger partial charge in [0.15, 0.2) is 0 Å². The van der Waals surface area contributed by atoms with Crippen LogP contribution in [0.15, 0.2) is 18.3 Å². The van der Waals surface area contributed by atoms with Crippen molar-refractivity contribution in [2.24, 2.45) is 0 Å². The molecule has 9 heavy (non-hydrogen) atoms. The van der Waals surface area contributed by atoms with E-state index in [2.05, 4.69) is 9.96 Å². The van der Waals surface area contributed by atoms with Crippen molar-refractivity contribution in [3.63, 3.8) is 0 Å². The van der Waals surface area contributed by atoms with Gasteiger partial charge in [-0.05, 0) is 23.5 Å². The third-order valence-corrected chi connectivity index (χ3v) is 0.998. The zero-order valence-corrected chi connectivity index (χ0v) is 5.07. The van der Waals surface area contributed by atoms with Crippen molar-refractivity contribution in [1.82, 2.24) is 4.98 Å². The summed E-state index contributed by atoms with van der Waals surface area (Å²) in [6.45, 7) is 1.92. The molecular weight excluding hydrogens is 114 g/mol. The van der Waals surface area contributed by atoms with Crippen molar-refractivity contribution in [3.05, 3.63) is 28.9 Å². The molecule has 0 saturated heterocycles. The number of rotatable bonds is 0. The fraction of sp³-hybridized carbons (Fsp3) is 0.167. The van der Waals surface area contributed by atoms with Crippen molar-refractivity contribution >= 4 is 5.82 Å². The first-order valence-corrected chi connectivity index (χ1v) is 2.60. The molecule has 0 radical (unpaired) electrons. The Morgan fingerprint density at radius 2 is 2.33 bits per heavy atom. The fourth-order valence-electron chi connectivity index (χ4n) is 0.519. The minimum absolute atomic E-state index is 0.348. The van der Waals surface area contributed by atoms with E-state index in [-0.39, 0.29) is 0 Å². The van der Waals surface area contributed by atoms with Crippen molar-refractivity contribution in [2.75, 3.05) is 0 Å². The Morgan fingerprint density at radius 3 is 2.78 bits per heavy atom. The lowest BCUT2D eigenvalue weighted by Gasteiger charge is -1.77. The number of pyridine rings is 1. The molecule has 1 heterocycles. The van der Waals surface area contributed by atoms with Crippen LogP contribution in [0.2, 0.25) is 0 Å². The molecule has 0 atom stereocenters. The molecule has 1 aromatic heterocycles. The molecule has 0 bridgehead atoms. The van der Waals surface area contributed by atoms with Gasteiger partial charge in [0.1, 0.15) is 6.20 Å². The highest BCUT2D eigenvalue weighted by atomic mass is 15.0. The first kappa shape index (κ1) is 5.70. The minimum atomic E-state index is 0.348. The van der Waals surface area contributed by atoms with Crippen LogP contribution in [0.5, 0.6) is 0 Å². The summed E-state index contributed by atoms with van der Waals surface area (Å²) in [4.78, 5) is 6.68. The number of diazo groups is 1. The molecule has 0 spiro atoms. The lowest BCUT2D eigenvalue weighted by Crippen LogP contribution is -1.72. The molecule has 3 nitrogen and oxygen atoms in total. The Bertz CT molecular complexity index is 231. The second-order valence-electron chi connectivity index (χ2n) is 1.79. The highest BCUT2D eigenvalue weighted by Gasteiger charge is 2.00. The molecule has 0 aliphatic heterocycles. The Kier molecular flexibility index (Phi) is 1.41. The molecule has 3 heteroatoms. The zero-order chi connectivity index (χ0) is 6.69. The molecule has 1 rings (SSSR count). The third-order valence-electron chi connectivity index (χ3n) is 0.998. The molecule has 44 valence electrons. The van der Waals surface area contributed by atoms with Crippen LogP contribution in [0.3, 0.4) is 0 Å². The van der Waals surface area contributed by atoms with E-state index in [0.29, 0.717) is 5.82 Å². The molecule has 0 aliphatic rings. The van der Waals surface area contributed by atoms with E-state index in [1.807, 2.05) is 13.0 Å². The molecule has 0 unspecified atom stereocenters. The number of hydrogen-bond donors (Lipinski definition) is 0. The van der Waals surface area contributed by atoms with Crippen LogP contribution in [0.1, 0.15) is 5.56 Å². The summed E-state index contributed by atoms with van der Waals surface area (Å²) < 4.78 is 0. The van der Waals surface area contributed by atoms with Gasteiger partial charge in [0, 0.05) is 4.98 Å². The quantitative estimate of drug-likeness (QED) is 0.490. The van der Waals surface area contributed by atoms with E-state index in [1.165, 1.54) is 0 Å². The Hall–Kier alpha value is -1.43. The van der Waals surface area contributed by atoms with Crippen molar-refractivity contribution in [2.45, 2.75) is 6.92 Å². The van der Waals surface area contributed by atoms with Crippen LogP contribution in [0, 0.1) is 12.3 Å². The first-order valence-electron chi connectivity index (χ1n) is 2.60. The predicted molar refractivity (Wildman–Crippen MR) is 33.7 cm³/mol. The van der Waals surface area contributed by atoms with Crippen molar-refractivity contribution < 1.29 is 0 Å². The van der Waals surface area contributed by atoms with Gasteiger partial charge in [-0.3, -0.25) is 0 Å². The highest BCUT2D eigenvalue weighted by Crippen LogP contribution is 2.05. The predicted octanol–water partition coefficient (Wildman–Crippen LogP) is 1.87. The molecule has 0 saturated carbocycles. The second kappa shape index (κ2) is 2.23. The number of aryl methyl sites for hydroxylation is 1. The van der Waals surface area contributed by atoms with Gasteiger partial charge in [-0.2, -0.15) is 0 Å². The maximum Gasteiger partial charge on any atom is 0.464 e. The molecule has 0 fully saturated rings. The summed E-state index contributed by atoms with van der Waals surface area (Å²) >= 11 is 0. The van der Waals surface area contributed by atoms with Crippen molar-refractivity contribution in [1.29, 1.82) is 5.39 Å². The van der Waals surface area contributed by atoms with E-state index < -0.39 is 0 Å². The van der Waals surface area contributed by atoms with Crippen LogP contribution in [-0.4, -0.2) is 4.98 Å².